The van der Waals surface area contributed by atoms with Gasteiger partial charge in [0, 0.05) is 58.0 Å². The SMILES string of the molecule is CN=C(NCCCOCC1CCOC1)NCc1cccc(N2CC=CC2)c1. The van der Waals surface area contributed by atoms with E-state index in [1.54, 1.807) is 7.05 Å². The van der Waals surface area contributed by atoms with Crippen LogP contribution in [-0.2, 0) is 16.0 Å². The molecule has 1 atom stereocenters. The van der Waals surface area contributed by atoms with Gasteiger partial charge in [-0.2, -0.15) is 0 Å². The molecule has 27 heavy (non-hydrogen) atoms. The van der Waals surface area contributed by atoms with Crippen LogP contribution in [0.3, 0.4) is 0 Å². The van der Waals surface area contributed by atoms with Crippen molar-refractivity contribution in [2.45, 2.75) is 19.4 Å². The minimum atomic E-state index is 0.583. The summed E-state index contributed by atoms with van der Waals surface area (Å²) in [5, 5.41) is 6.74. The number of ether oxygens (including phenoxy) is 2. The van der Waals surface area contributed by atoms with Gasteiger partial charge in [0.1, 0.15) is 0 Å². The quantitative estimate of drug-likeness (QED) is 0.301. The lowest BCUT2D eigenvalue weighted by Gasteiger charge is -2.19. The standard InChI is InChI=1S/C21H32N4O2/c1-22-21(23-9-5-12-26-16-19-8-13-27-17-19)24-15-18-6-4-7-20(14-18)25-10-2-3-11-25/h2-4,6-7,14,19H,5,8-13,15-17H2,1H3,(H2,22,23,24). The molecule has 0 bridgehead atoms. The fourth-order valence-electron chi connectivity index (χ4n) is 3.30. The van der Waals surface area contributed by atoms with Crippen molar-refractivity contribution in [1.82, 2.24) is 10.6 Å². The Morgan fingerprint density at radius 3 is 2.96 bits per heavy atom. The van der Waals surface area contributed by atoms with Gasteiger partial charge in [-0.15, -0.1) is 0 Å². The van der Waals surface area contributed by atoms with Crippen LogP contribution >= 0.6 is 0 Å². The summed E-state index contributed by atoms with van der Waals surface area (Å²) in [5.41, 5.74) is 2.52. The zero-order valence-electron chi connectivity index (χ0n) is 16.3. The average molecular weight is 373 g/mol. The van der Waals surface area contributed by atoms with Crippen molar-refractivity contribution >= 4 is 11.6 Å². The number of anilines is 1. The van der Waals surface area contributed by atoms with Gasteiger partial charge in [0.2, 0.25) is 0 Å². The van der Waals surface area contributed by atoms with E-state index >= 15 is 0 Å². The van der Waals surface area contributed by atoms with Crippen LogP contribution < -0.4 is 15.5 Å². The second-order valence-corrected chi connectivity index (χ2v) is 7.06. The lowest BCUT2D eigenvalue weighted by atomic mass is 10.1. The molecular formula is C21H32N4O2. The third kappa shape index (κ3) is 6.56. The first-order valence-corrected chi connectivity index (χ1v) is 9.94. The number of guanidine groups is 1. The van der Waals surface area contributed by atoms with Crippen LogP contribution in [0.4, 0.5) is 5.69 Å². The monoisotopic (exact) mass is 372 g/mol. The maximum atomic E-state index is 5.73. The van der Waals surface area contributed by atoms with E-state index in [-0.39, 0.29) is 0 Å². The van der Waals surface area contributed by atoms with Gasteiger partial charge < -0.3 is 25.0 Å². The highest BCUT2D eigenvalue weighted by atomic mass is 16.5. The van der Waals surface area contributed by atoms with E-state index in [0.717, 1.165) is 71.4 Å². The van der Waals surface area contributed by atoms with Crippen molar-refractivity contribution < 1.29 is 9.47 Å². The van der Waals surface area contributed by atoms with Crippen molar-refractivity contribution in [2.75, 3.05) is 58.0 Å². The molecule has 3 rings (SSSR count). The van der Waals surface area contributed by atoms with E-state index in [4.69, 9.17) is 9.47 Å². The number of rotatable bonds is 9. The molecule has 1 aromatic rings. The van der Waals surface area contributed by atoms with Crippen LogP contribution in [-0.4, -0.2) is 59.1 Å². The van der Waals surface area contributed by atoms with Gasteiger partial charge in [-0.3, -0.25) is 4.99 Å². The molecule has 1 aromatic carbocycles. The van der Waals surface area contributed by atoms with E-state index in [2.05, 4.69) is 56.9 Å². The summed E-state index contributed by atoms with van der Waals surface area (Å²) in [6.07, 6.45) is 6.51. The maximum absolute atomic E-state index is 5.73. The predicted octanol–water partition coefficient (Wildman–Crippen LogP) is 2.17. The molecule has 1 saturated heterocycles. The number of nitrogens with zero attached hydrogens (tertiary/aromatic N) is 2. The van der Waals surface area contributed by atoms with Gasteiger partial charge in [0.25, 0.3) is 0 Å². The summed E-state index contributed by atoms with van der Waals surface area (Å²) in [6, 6.07) is 8.68. The van der Waals surface area contributed by atoms with Crippen LogP contribution in [0.15, 0.2) is 41.4 Å². The van der Waals surface area contributed by atoms with Crippen LogP contribution in [0.25, 0.3) is 0 Å². The molecule has 2 aliphatic heterocycles. The third-order valence-electron chi connectivity index (χ3n) is 4.91. The molecular weight excluding hydrogens is 340 g/mol. The largest absolute Gasteiger partial charge is 0.381 e. The van der Waals surface area contributed by atoms with Gasteiger partial charge in [-0.1, -0.05) is 24.3 Å². The Morgan fingerprint density at radius 2 is 2.19 bits per heavy atom. The second-order valence-electron chi connectivity index (χ2n) is 7.06. The summed E-state index contributed by atoms with van der Waals surface area (Å²) in [5.74, 6) is 1.41. The smallest absolute Gasteiger partial charge is 0.191 e. The molecule has 148 valence electrons. The first-order chi connectivity index (χ1) is 13.3. The topological polar surface area (TPSA) is 58.1 Å². The fourth-order valence-corrected chi connectivity index (χ4v) is 3.30. The highest BCUT2D eigenvalue weighted by Crippen LogP contribution is 2.18. The van der Waals surface area contributed by atoms with Crippen LogP contribution in [0.5, 0.6) is 0 Å². The van der Waals surface area contributed by atoms with E-state index in [1.807, 2.05) is 0 Å². The van der Waals surface area contributed by atoms with Crippen LogP contribution in [0.2, 0.25) is 0 Å². The highest BCUT2D eigenvalue weighted by Gasteiger charge is 2.15. The molecule has 2 aliphatic rings. The molecule has 1 unspecified atom stereocenters. The summed E-state index contributed by atoms with van der Waals surface area (Å²) in [4.78, 5) is 6.66. The van der Waals surface area contributed by atoms with Crippen molar-refractivity contribution in [3.8, 4) is 0 Å². The lowest BCUT2D eigenvalue weighted by Crippen LogP contribution is -2.37. The summed E-state index contributed by atoms with van der Waals surface area (Å²) in [6.45, 7) is 6.92. The van der Waals surface area contributed by atoms with E-state index in [9.17, 15) is 0 Å². The molecule has 0 amide bonds. The Balaban J connectivity index is 1.31. The molecule has 2 heterocycles. The van der Waals surface area contributed by atoms with E-state index in [1.165, 1.54) is 11.3 Å². The third-order valence-corrected chi connectivity index (χ3v) is 4.91. The molecule has 0 saturated carbocycles. The molecule has 0 spiro atoms. The number of hydrogen-bond donors (Lipinski definition) is 2. The van der Waals surface area contributed by atoms with Crippen molar-refractivity contribution in [3.63, 3.8) is 0 Å². The van der Waals surface area contributed by atoms with E-state index < -0.39 is 0 Å². The molecule has 0 aliphatic carbocycles. The van der Waals surface area contributed by atoms with Gasteiger partial charge in [-0.05, 0) is 30.5 Å². The normalized spacial score (nSPS) is 19.7. The van der Waals surface area contributed by atoms with Crippen molar-refractivity contribution in [2.24, 2.45) is 10.9 Å². The molecule has 0 radical (unpaired) electrons. The average Bonchev–Trinajstić information content (AvgIpc) is 3.41. The maximum Gasteiger partial charge on any atom is 0.191 e. The zero-order chi connectivity index (χ0) is 18.7. The first-order valence-electron chi connectivity index (χ1n) is 9.94. The Bertz CT molecular complexity index is 618. The summed E-state index contributed by atoms with van der Waals surface area (Å²) < 4.78 is 11.1. The minimum absolute atomic E-state index is 0.583. The number of aliphatic imine (C=N–C) groups is 1. The molecule has 1 fully saturated rings. The Morgan fingerprint density at radius 1 is 1.30 bits per heavy atom. The second kappa shape index (κ2) is 10.9. The summed E-state index contributed by atoms with van der Waals surface area (Å²) in [7, 11) is 1.80. The first kappa shape index (κ1) is 19.7. The molecule has 6 nitrogen and oxygen atoms in total. The zero-order valence-corrected chi connectivity index (χ0v) is 16.3. The van der Waals surface area contributed by atoms with Gasteiger partial charge >= 0.3 is 0 Å². The van der Waals surface area contributed by atoms with Crippen molar-refractivity contribution in [3.05, 3.63) is 42.0 Å². The predicted molar refractivity (Wildman–Crippen MR) is 110 cm³/mol. The number of nitrogens with one attached hydrogen (secondary N) is 2. The Kier molecular flexibility index (Phi) is 7.99. The molecule has 0 aromatic heterocycles. The molecule has 6 heteroatoms. The number of benzene rings is 1. The minimum Gasteiger partial charge on any atom is -0.381 e. The van der Waals surface area contributed by atoms with Gasteiger partial charge in [0.15, 0.2) is 5.96 Å². The van der Waals surface area contributed by atoms with Crippen LogP contribution in [0, 0.1) is 5.92 Å². The Labute approximate surface area is 162 Å². The van der Waals surface area contributed by atoms with Crippen molar-refractivity contribution in [1.29, 1.82) is 0 Å². The van der Waals surface area contributed by atoms with Crippen LogP contribution in [0.1, 0.15) is 18.4 Å². The van der Waals surface area contributed by atoms with E-state index in [0.29, 0.717) is 5.92 Å². The lowest BCUT2D eigenvalue weighted by molar-refractivity contribution is 0.0888. The van der Waals surface area contributed by atoms with Gasteiger partial charge in [0.05, 0.1) is 13.2 Å². The fraction of sp³-hybridized carbons (Fsp3) is 0.571. The van der Waals surface area contributed by atoms with Gasteiger partial charge in [-0.25, -0.2) is 0 Å². The highest BCUT2D eigenvalue weighted by molar-refractivity contribution is 5.79. The Hall–Kier alpha value is -2.05. The molecule has 2 N–H and O–H groups in total. The summed E-state index contributed by atoms with van der Waals surface area (Å²) >= 11 is 0. The number of hydrogen-bond acceptors (Lipinski definition) is 4.